The van der Waals surface area contributed by atoms with Crippen molar-refractivity contribution in [1.29, 1.82) is 0 Å². The van der Waals surface area contributed by atoms with Gasteiger partial charge in [-0.25, -0.2) is 17.2 Å². The topological polar surface area (TPSA) is 41.8 Å². The third-order valence-corrected chi connectivity index (χ3v) is 6.48. The lowest BCUT2D eigenvalue weighted by Gasteiger charge is -2.31. The van der Waals surface area contributed by atoms with Gasteiger partial charge >= 0.3 is 0 Å². The maximum atomic E-state index is 13.8. The highest BCUT2D eigenvalue weighted by atomic mass is 32.2. The Morgan fingerprint density at radius 3 is 2.32 bits per heavy atom. The average molecular weight is 367 g/mol. The molecule has 25 heavy (non-hydrogen) atoms. The van der Waals surface area contributed by atoms with Gasteiger partial charge in [0.1, 0.15) is 16.5 Å². The van der Waals surface area contributed by atoms with Gasteiger partial charge in [-0.15, -0.1) is 0 Å². The van der Waals surface area contributed by atoms with Crippen molar-refractivity contribution in [3.63, 3.8) is 0 Å². The van der Waals surface area contributed by atoms with E-state index in [1.807, 2.05) is 18.2 Å². The summed E-state index contributed by atoms with van der Waals surface area (Å²) in [6.07, 6.45) is 0.940. The van der Waals surface area contributed by atoms with E-state index >= 15 is 0 Å². The van der Waals surface area contributed by atoms with Gasteiger partial charge in [0.05, 0.1) is 32.7 Å². The molecule has 0 aromatic heterocycles. The van der Waals surface area contributed by atoms with E-state index in [1.54, 1.807) is 0 Å². The van der Waals surface area contributed by atoms with Gasteiger partial charge < -0.3 is 4.90 Å². The normalized spacial score (nSPS) is 16.9. The molecule has 0 amide bonds. The van der Waals surface area contributed by atoms with E-state index in [9.17, 15) is 17.2 Å². The molecular weight excluding hydrogens is 346 g/mol. The number of piperazine rings is 1. The van der Waals surface area contributed by atoms with E-state index in [4.69, 9.17) is 0 Å². The van der Waals surface area contributed by atoms with Crippen LogP contribution in [0, 0.1) is 11.6 Å². The van der Waals surface area contributed by atoms with E-state index in [-0.39, 0.29) is 0 Å². The molecule has 1 aliphatic rings. The predicted octanol–water partition coefficient (Wildman–Crippen LogP) is 1.10. The van der Waals surface area contributed by atoms with Crippen LogP contribution in [0.3, 0.4) is 0 Å². The Morgan fingerprint density at radius 1 is 1.00 bits per heavy atom. The molecule has 1 aliphatic heterocycles. The molecule has 0 spiro atoms. The first-order valence-corrected chi connectivity index (χ1v) is 9.73. The maximum absolute atomic E-state index is 13.8. The molecule has 1 heterocycles. The molecule has 2 aromatic rings. The minimum Gasteiger partial charge on any atom is -0.332 e. The van der Waals surface area contributed by atoms with E-state index in [0.29, 0.717) is 32.2 Å². The molecular formula is C18H21F2N2O2S+. The molecule has 134 valence electrons. The smallest absolute Gasteiger partial charge is 0.246 e. The first kappa shape index (κ1) is 18.0. The van der Waals surface area contributed by atoms with Gasteiger partial charge in [0, 0.05) is 12.5 Å². The van der Waals surface area contributed by atoms with Crippen LogP contribution in [-0.4, -0.2) is 45.4 Å². The van der Waals surface area contributed by atoms with Crippen LogP contribution in [0.25, 0.3) is 0 Å². The van der Waals surface area contributed by atoms with Crippen molar-refractivity contribution in [3.05, 3.63) is 65.7 Å². The third kappa shape index (κ3) is 4.23. The monoisotopic (exact) mass is 367 g/mol. The number of hydrogen-bond acceptors (Lipinski definition) is 2. The van der Waals surface area contributed by atoms with Crippen LogP contribution >= 0.6 is 0 Å². The van der Waals surface area contributed by atoms with Crippen molar-refractivity contribution >= 4 is 10.0 Å². The average Bonchev–Trinajstić information content (AvgIpc) is 2.61. The van der Waals surface area contributed by atoms with Gasteiger partial charge in [-0.05, 0) is 17.7 Å². The number of rotatable bonds is 5. The van der Waals surface area contributed by atoms with Gasteiger partial charge in [-0.2, -0.15) is 4.31 Å². The zero-order valence-electron chi connectivity index (χ0n) is 13.8. The Labute approximate surface area is 146 Å². The number of quaternary nitrogens is 1. The van der Waals surface area contributed by atoms with E-state index in [2.05, 4.69) is 12.1 Å². The lowest BCUT2D eigenvalue weighted by atomic mass is 10.1. The fourth-order valence-corrected chi connectivity index (χ4v) is 4.57. The summed E-state index contributed by atoms with van der Waals surface area (Å²) in [4.78, 5) is 0.872. The SMILES string of the molecule is O=S(=O)(c1ccc(F)cc1F)N1CC[NH+](CCc2ccccc2)CC1. The zero-order chi connectivity index (χ0) is 17.9. The summed E-state index contributed by atoms with van der Waals surface area (Å²) in [7, 11) is -3.92. The van der Waals surface area contributed by atoms with Crippen LogP contribution < -0.4 is 4.90 Å². The molecule has 3 rings (SSSR count). The molecule has 0 saturated carbocycles. The summed E-state index contributed by atoms with van der Waals surface area (Å²) in [5, 5.41) is 0. The van der Waals surface area contributed by atoms with Crippen LogP contribution in [0.4, 0.5) is 8.78 Å². The second kappa shape index (κ2) is 7.59. The Balaban J connectivity index is 1.59. The minimum atomic E-state index is -3.92. The second-order valence-electron chi connectivity index (χ2n) is 6.21. The van der Waals surface area contributed by atoms with E-state index in [0.717, 1.165) is 25.1 Å². The summed E-state index contributed by atoms with van der Waals surface area (Å²) in [5.41, 5.74) is 1.26. The standard InChI is InChI=1S/C18H20F2N2O2S/c19-16-6-7-18(17(20)14-16)25(23,24)22-12-10-21(11-13-22)9-8-15-4-2-1-3-5-15/h1-7,14H,8-13H2/p+1. The van der Waals surface area contributed by atoms with Crippen molar-refractivity contribution in [1.82, 2.24) is 4.31 Å². The van der Waals surface area contributed by atoms with Crippen molar-refractivity contribution in [2.24, 2.45) is 0 Å². The lowest BCUT2D eigenvalue weighted by Crippen LogP contribution is -3.15. The van der Waals surface area contributed by atoms with Gasteiger partial charge in [-0.1, -0.05) is 30.3 Å². The quantitative estimate of drug-likeness (QED) is 0.860. The zero-order valence-corrected chi connectivity index (χ0v) is 14.6. The number of sulfonamides is 1. The summed E-state index contributed by atoms with van der Waals surface area (Å²) < 4.78 is 53.2. The Hall–Kier alpha value is -1.83. The molecule has 1 saturated heterocycles. The highest BCUT2D eigenvalue weighted by Gasteiger charge is 2.32. The van der Waals surface area contributed by atoms with Crippen LogP contribution in [0.15, 0.2) is 53.4 Å². The summed E-state index contributed by atoms with van der Waals surface area (Å²) >= 11 is 0. The summed E-state index contributed by atoms with van der Waals surface area (Å²) in [5.74, 6) is -1.83. The van der Waals surface area contributed by atoms with Gasteiger partial charge in [0.2, 0.25) is 10.0 Å². The Bertz CT molecular complexity index is 820. The Kier molecular flexibility index (Phi) is 5.46. The first-order chi connectivity index (χ1) is 12.0. The minimum absolute atomic E-state index is 0.337. The number of nitrogens with zero attached hydrogens (tertiary/aromatic N) is 1. The molecule has 0 aliphatic carbocycles. The molecule has 0 radical (unpaired) electrons. The molecule has 1 fully saturated rings. The fourth-order valence-electron chi connectivity index (χ4n) is 3.08. The van der Waals surface area contributed by atoms with Crippen molar-refractivity contribution in [3.8, 4) is 0 Å². The highest BCUT2D eigenvalue weighted by molar-refractivity contribution is 7.89. The van der Waals surface area contributed by atoms with Crippen molar-refractivity contribution in [2.45, 2.75) is 11.3 Å². The summed E-state index contributed by atoms with van der Waals surface area (Å²) in [6, 6.07) is 12.7. The van der Waals surface area contributed by atoms with E-state index < -0.39 is 26.6 Å². The number of nitrogens with one attached hydrogen (secondary N) is 1. The molecule has 0 bridgehead atoms. The number of halogens is 2. The summed E-state index contributed by atoms with van der Waals surface area (Å²) in [6.45, 7) is 2.96. The Morgan fingerprint density at radius 2 is 1.68 bits per heavy atom. The third-order valence-electron chi connectivity index (χ3n) is 4.55. The highest BCUT2D eigenvalue weighted by Crippen LogP contribution is 2.20. The van der Waals surface area contributed by atoms with Crippen molar-refractivity contribution < 1.29 is 22.1 Å². The van der Waals surface area contributed by atoms with Crippen LogP contribution in [0.2, 0.25) is 0 Å². The van der Waals surface area contributed by atoms with Crippen molar-refractivity contribution in [2.75, 3.05) is 32.7 Å². The number of benzene rings is 2. The molecule has 1 N–H and O–H groups in total. The van der Waals surface area contributed by atoms with Crippen LogP contribution in [0.5, 0.6) is 0 Å². The predicted molar refractivity (Wildman–Crippen MR) is 90.8 cm³/mol. The van der Waals surface area contributed by atoms with Gasteiger partial charge in [-0.3, -0.25) is 0 Å². The second-order valence-corrected chi connectivity index (χ2v) is 8.12. The fraction of sp³-hybridized carbons (Fsp3) is 0.333. The largest absolute Gasteiger partial charge is 0.332 e. The number of hydrogen-bond donors (Lipinski definition) is 1. The molecule has 4 nitrogen and oxygen atoms in total. The van der Waals surface area contributed by atoms with Gasteiger partial charge in [0.25, 0.3) is 0 Å². The van der Waals surface area contributed by atoms with Gasteiger partial charge in [0.15, 0.2) is 0 Å². The van der Waals surface area contributed by atoms with Crippen LogP contribution in [0.1, 0.15) is 5.56 Å². The maximum Gasteiger partial charge on any atom is 0.246 e. The molecule has 7 heteroatoms. The molecule has 0 atom stereocenters. The lowest BCUT2D eigenvalue weighted by molar-refractivity contribution is -0.903. The van der Waals surface area contributed by atoms with E-state index in [1.165, 1.54) is 14.8 Å². The first-order valence-electron chi connectivity index (χ1n) is 8.29. The molecule has 2 aromatic carbocycles. The molecule has 0 unspecified atom stereocenters. The van der Waals surface area contributed by atoms with Crippen LogP contribution in [-0.2, 0) is 16.4 Å².